The summed E-state index contributed by atoms with van der Waals surface area (Å²) < 4.78 is 26.0. The number of pyridine rings is 1. The smallest absolute Gasteiger partial charge is 0.246 e. The lowest BCUT2D eigenvalue weighted by Crippen LogP contribution is -2.29. The number of likely N-dealkylation sites (tertiary alicyclic amines) is 1. The van der Waals surface area contributed by atoms with Gasteiger partial charge in [0.05, 0.1) is 29.3 Å². The zero-order valence-electron chi connectivity index (χ0n) is 16.6. The van der Waals surface area contributed by atoms with E-state index in [1.54, 1.807) is 29.2 Å². The number of methoxy groups -OCH3 is 1. The summed E-state index contributed by atoms with van der Waals surface area (Å²) in [7, 11) is 1.47. The third kappa shape index (κ3) is 4.29. The lowest BCUT2D eigenvalue weighted by atomic mass is 10.2. The molecule has 0 aliphatic carbocycles. The summed E-state index contributed by atoms with van der Waals surface area (Å²) in [6.45, 7) is 4.58. The normalized spacial score (nSPS) is 15.7. The van der Waals surface area contributed by atoms with Gasteiger partial charge in [-0.3, -0.25) is 4.79 Å². The predicted octanol–water partition coefficient (Wildman–Crippen LogP) is 3.84. The molecular formula is C21H19BrFN5O3. The number of rotatable bonds is 6. The monoisotopic (exact) mass is 487 g/mol. The number of benzene rings is 1. The number of halogens is 2. The van der Waals surface area contributed by atoms with Crippen LogP contribution in [0.3, 0.4) is 0 Å². The molecule has 2 aromatic heterocycles. The van der Waals surface area contributed by atoms with E-state index in [0.29, 0.717) is 48.0 Å². The fraction of sp³-hybridized carbons (Fsp3) is 0.238. The molecule has 0 unspecified atom stereocenters. The van der Waals surface area contributed by atoms with Gasteiger partial charge in [0.25, 0.3) is 0 Å². The Labute approximate surface area is 186 Å². The van der Waals surface area contributed by atoms with Gasteiger partial charge in [-0.05, 0) is 40.2 Å². The van der Waals surface area contributed by atoms with Crippen molar-refractivity contribution in [3.63, 3.8) is 0 Å². The number of hydrogen-bond acceptors (Lipinski definition) is 7. The van der Waals surface area contributed by atoms with Gasteiger partial charge in [-0.2, -0.15) is 0 Å². The summed E-state index contributed by atoms with van der Waals surface area (Å²) in [6.07, 6.45) is 3.19. The standard InChI is InChI=1S/C21H19BrFN5O3/c1-3-17(29)28-9-8-12(10-28)31-16-7-5-14-20(27-16)21(25-11-24-14)26-13-4-6-15(30-2)18(22)19(13)23/h3-7,11-12H,1,8-10H2,2H3,(H,24,25,26)/t12-/m0/s1. The van der Waals surface area contributed by atoms with Crippen LogP contribution in [0.4, 0.5) is 15.9 Å². The van der Waals surface area contributed by atoms with E-state index in [-0.39, 0.29) is 22.2 Å². The molecular weight excluding hydrogens is 469 g/mol. The summed E-state index contributed by atoms with van der Waals surface area (Å²) in [5.41, 5.74) is 1.21. The van der Waals surface area contributed by atoms with Gasteiger partial charge in [0.1, 0.15) is 23.7 Å². The lowest BCUT2D eigenvalue weighted by molar-refractivity contribution is -0.125. The van der Waals surface area contributed by atoms with E-state index in [1.807, 2.05) is 0 Å². The van der Waals surface area contributed by atoms with E-state index in [4.69, 9.17) is 9.47 Å². The molecule has 0 spiro atoms. The summed E-state index contributed by atoms with van der Waals surface area (Å²) in [5, 5.41) is 2.96. The number of nitrogens with zero attached hydrogens (tertiary/aromatic N) is 4. The first-order chi connectivity index (χ1) is 15.0. The van der Waals surface area contributed by atoms with Crippen LogP contribution in [0.5, 0.6) is 11.6 Å². The van der Waals surface area contributed by atoms with Gasteiger partial charge in [0.2, 0.25) is 11.8 Å². The number of aromatic nitrogens is 3. The highest BCUT2D eigenvalue weighted by Crippen LogP contribution is 2.34. The minimum Gasteiger partial charge on any atom is -0.495 e. The van der Waals surface area contributed by atoms with E-state index in [1.165, 1.54) is 19.5 Å². The molecule has 0 saturated carbocycles. The molecule has 1 atom stereocenters. The number of carbonyl (C=O) groups is 1. The highest BCUT2D eigenvalue weighted by atomic mass is 79.9. The molecule has 10 heteroatoms. The summed E-state index contributed by atoms with van der Waals surface area (Å²) in [5.74, 6) is 0.451. The first kappa shape index (κ1) is 21.0. The molecule has 31 heavy (non-hydrogen) atoms. The van der Waals surface area contributed by atoms with Crippen LogP contribution >= 0.6 is 15.9 Å². The van der Waals surface area contributed by atoms with Crippen molar-refractivity contribution < 1.29 is 18.7 Å². The van der Waals surface area contributed by atoms with E-state index in [9.17, 15) is 9.18 Å². The molecule has 3 aromatic rings. The SMILES string of the molecule is C=CC(=O)N1CC[C@H](Oc2ccc3ncnc(Nc4ccc(OC)c(Br)c4F)c3n2)C1. The van der Waals surface area contributed by atoms with E-state index >= 15 is 0 Å². The molecule has 1 aliphatic heterocycles. The number of carbonyl (C=O) groups excluding carboxylic acids is 1. The number of anilines is 2. The van der Waals surface area contributed by atoms with Crippen molar-refractivity contribution in [3.05, 3.63) is 53.5 Å². The molecule has 1 aliphatic rings. The third-order valence-corrected chi connectivity index (χ3v) is 5.63. The van der Waals surface area contributed by atoms with E-state index in [2.05, 4.69) is 42.8 Å². The molecule has 160 valence electrons. The largest absolute Gasteiger partial charge is 0.495 e. The van der Waals surface area contributed by atoms with Gasteiger partial charge < -0.3 is 19.7 Å². The average Bonchev–Trinajstić information content (AvgIpc) is 3.25. The first-order valence-corrected chi connectivity index (χ1v) is 10.3. The highest BCUT2D eigenvalue weighted by molar-refractivity contribution is 9.10. The Morgan fingerprint density at radius 1 is 1.35 bits per heavy atom. The predicted molar refractivity (Wildman–Crippen MR) is 117 cm³/mol. The Hall–Kier alpha value is -3.27. The maximum atomic E-state index is 14.7. The van der Waals surface area contributed by atoms with Crippen LogP contribution in [0.2, 0.25) is 0 Å². The molecule has 8 nitrogen and oxygen atoms in total. The number of ether oxygens (including phenoxy) is 2. The van der Waals surface area contributed by atoms with Gasteiger partial charge in [-0.1, -0.05) is 6.58 Å². The Morgan fingerprint density at radius 3 is 2.97 bits per heavy atom. The molecule has 1 amide bonds. The molecule has 1 aromatic carbocycles. The van der Waals surface area contributed by atoms with Crippen molar-refractivity contribution in [2.75, 3.05) is 25.5 Å². The van der Waals surface area contributed by atoms with Crippen molar-refractivity contribution in [3.8, 4) is 11.6 Å². The second kappa shape index (κ2) is 8.84. The number of nitrogens with one attached hydrogen (secondary N) is 1. The van der Waals surface area contributed by atoms with E-state index in [0.717, 1.165) is 0 Å². The first-order valence-electron chi connectivity index (χ1n) is 9.49. The summed E-state index contributed by atoms with van der Waals surface area (Å²) in [4.78, 5) is 26.4. The molecule has 0 radical (unpaired) electrons. The lowest BCUT2D eigenvalue weighted by Gasteiger charge is -2.16. The average molecular weight is 488 g/mol. The molecule has 1 N–H and O–H groups in total. The minimum absolute atomic E-state index is 0.120. The van der Waals surface area contributed by atoms with Gasteiger partial charge in [-0.25, -0.2) is 19.3 Å². The van der Waals surface area contributed by atoms with Gasteiger partial charge in [-0.15, -0.1) is 0 Å². The van der Waals surface area contributed by atoms with Crippen molar-refractivity contribution in [2.45, 2.75) is 12.5 Å². The number of fused-ring (bicyclic) bond motifs is 1. The number of amides is 1. The minimum atomic E-state index is -0.517. The van der Waals surface area contributed by atoms with Crippen LogP contribution in [0, 0.1) is 5.82 Å². The quantitative estimate of drug-likeness (QED) is 0.528. The molecule has 0 bridgehead atoms. The zero-order valence-corrected chi connectivity index (χ0v) is 18.2. The van der Waals surface area contributed by atoms with Gasteiger partial charge >= 0.3 is 0 Å². The van der Waals surface area contributed by atoms with Crippen LogP contribution < -0.4 is 14.8 Å². The Morgan fingerprint density at radius 2 is 2.19 bits per heavy atom. The molecule has 3 heterocycles. The Kier molecular flexibility index (Phi) is 5.99. The van der Waals surface area contributed by atoms with Gasteiger partial charge in [0, 0.05) is 19.0 Å². The highest BCUT2D eigenvalue weighted by Gasteiger charge is 2.26. The Bertz CT molecular complexity index is 1160. The fourth-order valence-corrected chi connectivity index (χ4v) is 3.82. The second-order valence-electron chi connectivity index (χ2n) is 6.82. The maximum absolute atomic E-state index is 14.7. The third-order valence-electron chi connectivity index (χ3n) is 4.89. The Balaban J connectivity index is 1.59. The van der Waals surface area contributed by atoms with Crippen molar-refractivity contribution in [2.24, 2.45) is 0 Å². The van der Waals surface area contributed by atoms with Crippen molar-refractivity contribution in [1.29, 1.82) is 0 Å². The van der Waals surface area contributed by atoms with Crippen LogP contribution in [0.1, 0.15) is 6.42 Å². The van der Waals surface area contributed by atoms with Crippen molar-refractivity contribution in [1.82, 2.24) is 19.9 Å². The van der Waals surface area contributed by atoms with Crippen molar-refractivity contribution >= 4 is 44.4 Å². The molecule has 4 rings (SSSR count). The van der Waals surface area contributed by atoms with E-state index < -0.39 is 5.82 Å². The second-order valence-corrected chi connectivity index (χ2v) is 7.62. The van der Waals surface area contributed by atoms with Gasteiger partial charge in [0.15, 0.2) is 11.6 Å². The zero-order chi connectivity index (χ0) is 22.0. The topological polar surface area (TPSA) is 89.5 Å². The van der Waals surface area contributed by atoms with Crippen LogP contribution in [0.15, 0.2) is 47.7 Å². The van der Waals surface area contributed by atoms with Crippen LogP contribution in [-0.4, -0.2) is 52.1 Å². The van der Waals surface area contributed by atoms with Crippen LogP contribution in [0.25, 0.3) is 11.0 Å². The molecule has 1 saturated heterocycles. The number of hydrogen-bond donors (Lipinski definition) is 1. The summed E-state index contributed by atoms with van der Waals surface area (Å²) >= 11 is 3.19. The fourth-order valence-electron chi connectivity index (χ4n) is 3.32. The summed E-state index contributed by atoms with van der Waals surface area (Å²) in [6, 6.07) is 6.66. The maximum Gasteiger partial charge on any atom is 0.246 e. The molecule has 1 fully saturated rings. The van der Waals surface area contributed by atoms with Crippen LogP contribution in [-0.2, 0) is 4.79 Å².